The molecule has 2 unspecified atom stereocenters. The molecule has 39 heavy (non-hydrogen) atoms. The van der Waals surface area contributed by atoms with Crippen LogP contribution in [0.15, 0.2) is 72.8 Å². The Hall–Kier alpha value is -3.32. The van der Waals surface area contributed by atoms with E-state index in [1.165, 1.54) is 12.1 Å². The molecule has 0 aliphatic carbocycles. The molecule has 1 aliphatic heterocycles. The average Bonchev–Trinajstić information content (AvgIpc) is 3.29. The summed E-state index contributed by atoms with van der Waals surface area (Å²) in [6.45, 7) is 8.46. The van der Waals surface area contributed by atoms with E-state index in [4.69, 9.17) is 0 Å². The SMILES string of the molecule is Cc1ccc(C(=O)N(CC2CN(Cc3ccc(N(C)C)cc3)CC2c2cccc(C(F)(F)F)c2)C(C)C)cc1. The predicted octanol–water partition coefficient (Wildman–Crippen LogP) is 6.85. The second-order valence-corrected chi connectivity index (χ2v) is 11.2. The lowest BCUT2D eigenvalue weighted by molar-refractivity contribution is -0.137. The van der Waals surface area contributed by atoms with Gasteiger partial charge in [-0.05, 0) is 68.1 Å². The molecule has 0 bridgehead atoms. The highest BCUT2D eigenvalue weighted by atomic mass is 19.4. The number of amides is 1. The lowest BCUT2D eigenvalue weighted by Gasteiger charge is -2.32. The molecule has 1 aliphatic rings. The Morgan fingerprint density at radius 1 is 0.974 bits per heavy atom. The molecule has 1 saturated heterocycles. The number of aryl methyl sites for hydroxylation is 1. The molecule has 4 rings (SSSR count). The summed E-state index contributed by atoms with van der Waals surface area (Å²) in [4.78, 5) is 19.7. The molecule has 3 aromatic rings. The number of halogens is 3. The van der Waals surface area contributed by atoms with Gasteiger partial charge in [-0.3, -0.25) is 9.69 Å². The number of likely N-dealkylation sites (tertiary alicyclic amines) is 1. The highest BCUT2D eigenvalue weighted by Gasteiger charge is 2.38. The largest absolute Gasteiger partial charge is 0.416 e. The normalized spacial score (nSPS) is 18.0. The summed E-state index contributed by atoms with van der Waals surface area (Å²) in [6.07, 6.45) is -4.40. The minimum absolute atomic E-state index is 0.00803. The van der Waals surface area contributed by atoms with Crippen LogP contribution in [0.4, 0.5) is 18.9 Å². The molecular formula is C32H38F3N3O. The third kappa shape index (κ3) is 7.01. The summed E-state index contributed by atoms with van der Waals surface area (Å²) in [5.41, 5.74) is 4.01. The Morgan fingerprint density at radius 2 is 1.64 bits per heavy atom. The fourth-order valence-electron chi connectivity index (χ4n) is 5.40. The molecule has 1 fully saturated rings. The van der Waals surface area contributed by atoms with Crippen LogP contribution >= 0.6 is 0 Å². The van der Waals surface area contributed by atoms with Crippen molar-refractivity contribution in [1.29, 1.82) is 0 Å². The van der Waals surface area contributed by atoms with Gasteiger partial charge < -0.3 is 9.80 Å². The maximum atomic E-state index is 13.6. The van der Waals surface area contributed by atoms with Gasteiger partial charge in [-0.1, -0.05) is 48.0 Å². The zero-order valence-electron chi connectivity index (χ0n) is 23.4. The Morgan fingerprint density at radius 3 is 2.23 bits per heavy atom. The fourth-order valence-corrected chi connectivity index (χ4v) is 5.40. The van der Waals surface area contributed by atoms with E-state index < -0.39 is 11.7 Å². The first-order chi connectivity index (χ1) is 18.4. The van der Waals surface area contributed by atoms with Crippen molar-refractivity contribution >= 4 is 11.6 Å². The van der Waals surface area contributed by atoms with Gasteiger partial charge in [-0.25, -0.2) is 0 Å². The van der Waals surface area contributed by atoms with Crippen molar-refractivity contribution in [2.45, 2.75) is 45.5 Å². The van der Waals surface area contributed by atoms with Crippen molar-refractivity contribution in [3.8, 4) is 0 Å². The number of anilines is 1. The van der Waals surface area contributed by atoms with Crippen LogP contribution in [0, 0.1) is 12.8 Å². The van der Waals surface area contributed by atoms with Crippen LogP contribution < -0.4 is 4.90 Å². The summed E-state index contributed by atoms with van der Waals surface area (Å²) >= 11 is 0. The lowest BCUT2D eigenvalue weighted by Crippen LogP contribution is -2.42. The zero-order valence-corrected chi connectivity index (χ0v) is 23.4. The van der Waals surface area contributed by atoms with Crippen LogP contribution in [0.1, 0.15) is 52.4 Å². The molecule has 208 valence electrons. The molecule has 4 nitrogen and oxygen atoms in total. The number of hydrogen-bond acceptors (Lipinski definition) is 3. The van der Waals surface area contributed by atoms with Gasteiger partial charge in [0.2, 0.25) is 0 Å². The number of rotatable bonds is 8. The Kier molecular flexibility index (Phi) is 8.70. The van der Waals surface area contributed by atoms with Gasteiger partial charge in [0.25, 0.3) is 5.91 Å². The van der Waals surface area contributed by atoms with Gasteiger partial charge in [0, 0.05) is 63.5 Å². The van der Waals surface area contributed by atoms with E-state index >= 15 is 0 Å². The summed E-state index contributed by atoms with van der Waals surface area (Å²) in [7, 11) is 4.00. The summed E-state index contributed by atoms with van der Waals surface area (Å²) in [5.74, 6) is -0.183. The van der Waals surface area contributed by atoms with Gasteiger partial charge in [0.15, 0.2) is 0 Å². The Bertz CT molecular complexity index is 1250. The highest BCUT2D eigenvalue weighted by molar-refractivity contribution is 5.94. The molecule has 7 heteroatoms. The summed E-state index contributed by atoms with van der Waals surface area (Å²) in [6, 6.07) is 21.5. The standard InChI is InChI=1S/C32H38F3N3O/c1-22(2)38(31(39)25-13-9-23(3)10-14-25)20-27-19-37(18-24-11-15-29(16-12-24)36(4)5)21-30(27)26-7-6-8-28(17-26)32(33,34)35/h6-17,22,27,30H,18-21H2,1-5H3. The van der Waals surface area contributed by atoms with Crippen molar-refractivity contribution in [1.82, 2.24) is 9.80 Å². The van der Waals surface area contributed by atoms with Gasteiger partial charge in [-0.15, -0.1) is 0 Å². The van der Waals surface area contributed by atoms with Crippen LogP contribution in [0.2, 0.25) is 0 Å². The van der Waals surface area contributed by atoms with Crippen molar-refractivity contribution in [3.63, 3.8) is 0 Å². The van der Waals surface area contributed by atoms with Crippen molar-refractivity contribution in [3.05, 3.63) is 101 Å². The van der Waals surface area contributed by atoms with E-state index in [1.807, 2.05) is 68.9 Å². The van der Waals surface area contributed by atoms with Crippen LogP contribution in [0.25, 0.3) is 0 Å². The minimum atomic E-state index is -4.40. The number of alkyl halides is 3. The molecule has 2 atom stereocenters. The first kappa shape index (κ1) is 28.7. The van der Waals surface area contributed by atoms with Crippen LogP contribution in [0.5, 0.6) is 0 Å². The highest BCUT2D eigenvalue weighted by Crippen LogP contribution is 2.38. The van der Waals surface area contributed by atoms with E-state index in [2.05, 4.69) is 29.2 Å². The third-order valence-corrected chi connectivity index (χ3v) is 7.63. The molecule has 1 amide bonds. The molecule has 3 aromatic carbocycles. The molecule has 0 spiro atoms. The molecule has 0 saturated carbocycles. The lowest BCUT2D eigenvalue weighted by atomic mass is 9.87. The minimum Gasteiger partial charge on any atom is -0.378 e. The molecular weight excluding hydrogens is 499 g/mol. The first-order valence-electron chi connectivity index (χ1n) is 13.5. The van der Waals surface area contributed by atoms with E-state index in [9.17, 15) is 18.0 Å². The van der Waals surface area contributed by atoms with Gasteiger partial charge >= 0.3 is 6.18 Å². The second kappa shape index (κ2) is 11.8. The smallest absolute Gasteiger partial charge is 0.378 e. The van der Waals surface area contributed by atoms with Crippen LogP contribution in [-0.2, 0) is 12.7 Å². The maximum absolute atomic E-state index is 13.6. The first-order valence-corrected chi connectivity index (χ1v) is 13.5. The molecule has 1 heterocycles. The fraction of sp³-hybridized carbons (Fsp3) is 0.406. The zero-order chi connectivity index (χ0) is 28.3. The van der Waals surface area contributed by atoms with Gasteiger partial charge in [0.05, 0.1) is 5.56 Å². The quantitative estimate of drug-likeness (QED) is 0.315. The second-order valence-electron chi connectivity index (χ2n) is 11.2. The number of nitrogens with zero attached hydrogens (tertiary/aromatic N) is 3. The van der Waals surface area contributed by atoms with Crippen LogP contribution in [-0.4, -0.2) is 55.5 Å². The Balaban J connectivity index is 1.61. The summed E-state index contributed by atoms with van der Waals surface area (Å²) < 4.78 is 40.7. The Labute approximate surface area is 230 Å². The average molecular weight is 538 g/mol. The molecule has 0 aromatic heterocycles. The number of carbonyl (C=O) groups is 1. The third-order valence-electron chi connectivity index (χ3n) is 7.63. The van der Waals surface area contributed by atoms with E-state index in [0.717, 1.165) is 22.9 Å². The summed E-state index contributed by atoms with van der Waals surface area (Å²) in [5, 5.41) is 0. The van der Waals surface area contributed by atoms with E-state index in [0.29, 0.717) is 37.3 Å². The van der Waals surface area contributed by atoms with E-state index in [1.54, 1.807) is 6.07 Å². The predicted molar refractivity (Wildman–Crippen MR) is 151 cm³/mol. The monoisotopic (exact) mass is 537 g/mol. The maximum Gasteiger partial charge on any atom is 0.416 e. The van der Waals surface area contributed by atoms with Crippen molar-refractivity contribution < 1.29 is 18.0 Å². The molecule has 0 N–H and O–H groups in total. The number of benzene rings is 3. The van der Waals surface area contributed by atoms with Gasteiger partial charge in [-0.2, -0.15) is 13.2 Å². The number of carbonyl (C=O) groups excluding carboxylic acids is 1. The van der Waals surface area contributed by atoms with Crippen molar-refractivity contribution in [2.75, 3.05) is 38.6 Å². The topological polar surface area (TPSA) is 26.8 Å². The van der Waals surface area contributed by atoms with E-state index in [-0.39, 0.29) is 23.8 Å². The number of hydrogen-bond donors (Lipinski definition) is 0. The van der Waals surface area contributed by atoms with Crippen LogP contribution in [0.3, 0.4) is 0 Å². The van der Waals surface area contributed by atoms with Crippen molar-refractivity contribution in [2.24, 2.45) is 5.92 Å². The molecule has 0 radical (unpaired) electrons. The van der Waals surface area contributed by atoms with Gasteiger partial charge in [0.1, 0.15) is 0 Å².